The number of rotatable bonds is 8. The summed E-state index contributed by atoms with van der Waals surface area (Å²) in [5.41, 5.74) is 0.102. The average molecular weight is 269 g/mol. The van der Waals surface area contributed by atoms with Gasteiger partial charge < -0.3 is 10.1 Å². The van der Waals surface area contributed by atoms with Gasteiger partial charge in [0.05, 0.1) is 5.60 Å². The smallest absolute Gasteiger partial charge is 0.0834 e. The molecular formula is C17H35NO. The zero-order valence-electron chi connectivity index (χ0n) is 13.6. The van der Waals surface area contributed by atoms with Crippen LogP contribution < -0.4 is 5.32 Å². The fourth-order valence-electron chi connectivity index (χ4n) is 3.48. The standard InChI is InChI=1S/C17H35NO/c1-5-13-18-16(14-15(3)4)17(19-6-2)11-9-7-8-10-12-17/h15-16,18H,5-14H2,1-4H3. The Bertz CT molecular complexity index is 219. The highest BCUT2D eigenvalue weighted by atomic mass is 16.5. The van der Waals surface area contributed by atoms with Crippen molar-refractivity contribution in [1.82, 2.24) is 5.32 Å². The van der Waals surface area contributed by atoms with Crippen LogP contribution in [0.25, 0.3) is 0 Å². The Hall–Kier alpha value is -0.0800. The zero-order chi connectivity index (χ0) is 14.1. The summed E-state index contributed by atoms with van der Waals surface area (Å²) in [6, 6.07) is 0.533. The highest BCUT2D eigenvalue weighted by molar-refractivity contribution is 4.95. The summed E-state index contributed by atoms with van der Waals surface area (Å²) in [4.78, 5) is 0. The SMILES string of the molecule is CCCNC(CC(C)C)C1(OCC)CCCCCC1. The maximum absolute atomic E-state index is 6.35. The lowest BCUT2D eigenvalue weighted by atomic mass is 9.81. The highest BCUT2D eigenvalue weighted by Crippen LogP contribution is 2.35. The molecule has 0 saturated heterocycles. The van der Waals surface area contributed by atoms with Crippen LogP contribution in [-0.2, 0) is 4.74 Å². The van der Waals surface area contributed by atoms with Gasteiger partial charge in [0.15, 0.2) is 0 Å². The molecule has 1 rings (SSSR count). The molecule has 0 aromatic carbocycles. The molecule has 0 heterocycles. The third kappa shape index (κ3) is 5.43. The molecule has 19 heavy (non-hydrogen) atoms. The van der Waals surface area contributed by atoms with Crippen LogP contribution in [0.1, 0.15) is 79.1 Å². The van der Waals surface area contributed by atoms with Gasteiger partial charge in [-0.15, -0.1) is 0 Å². The van der Waals surface area contributed by atoms with Gasteiger partial charge in [0.1, 0.15) is 0 Å². The summed E-state index contributed by atoms with van der Waals surface area (Å²) < 4.78 is 6.35. The first-order chi connectivity index (χ1) is 9.14. The highest BCUT2D eigenvalue weighted by Gasteiger charge is 2.39. The van der Waals surface area contributed by atoms with Gasteiger partial charge in [0, 0.05) is 12.6 Å². The van der Waals surface area contributed by atoms with E-state index in [-0.39, 0.29) is 5.60 Å². The quantitative estimate of drug-likeness (QED) is 0.654. The molecule has 1 N–H and O–H groups in total. The molecule has 0 spiro atoms. The van der Waals surface area contributed by atoms with Gasteiger partial charge in [-0.1, -0.05) is 46.5 Å². The van der Waals surface area contributed by atoms with Gasteiger partial charge in [-0.2, -0.15) is 0 Å². The number of hydrogen-bond acceptors (Lipinski definition) is 2. The summed E-state index contributed by atoms with van der Waals surface area (Å²) in [5, 5.41) is 3.80. The van der Waals surface area contributed by atoms with Crippen molar-refractivity contribution in [1.29, 1.82) is 0 Å². The van der Waals surface area contributed by atoms with Crippen LogP contribution in [0.5, 0.6) is 0 Å². The van der Waals surface area contributed by atoms with Crippen molar-refractivity contribution in [2.75, 3.05) is 13.2 Å². The Morgan fingerprint density at radius 1 is 1.05 bits per heavy atom. The Morgan fingerprint density at radius 2 is 1.68 bits per heavy atom. The van der Waals surface area contributed by atoms with E-state index in [4.69, 9.17) is 4.74 Å². The lowest BCUT2D eigenvalue weighted by Crippen LogP contribution is -2.53. The van der Waals surface area contributed by atoms with Crippen LogP contribution in [0.15, 0.2) is 0 Å². The predicted molar refractivity (Wildman–Crippen MR) is 83.6 cm³/mol. The number of nitrogens with one attached hydrogen (secondary N) is 1. The third-order valence-electron chi connectivity index (χ3n) is 4.36. The van der Waals surface area contributed by atoms with E-state index < -0.39 is 0 Å². The molecule has 1 fully saturated rings. The van der Waals surface area contributed by atoms with E-state index in [1.54, 1.807) is 0 Å². The Morgan fingerprint density at radius 3 is 2.16 bits per heavy atom. The molecule has 1 unspecified atom stereocenters. The molecule has 1 aliphatic rings. The topological polar surface area (TPSA) is 21.3 Å². The Labute approximate surface area is 120 Å². The summed E-state index contributed by atoms with van der Waals surface area (Å²) in [5.74, 6) is 0.731. The third-order valence-corrected chi connectivity index (χ3v) is 4.36. The van der Waals surface area contributed by atoms with Crippen molar-refractivity contribution in [3.05, 3.63) is 0 Å². The molecule has 2 nitrogen and oxygen atoms in total. The Kier molecular flexibility index (Phi) is 8.01. The van der Waals surface area contributed by atoms with Crippen LogP contribution in [-0.4, -0.2) is 24.8 Å². The summed E-state index contributed by atoms with van der Waals surface area (Å²) in [6.45, 7) is 11.0. The first kappa shape index (κ1) is 17.0. The zero-order valence-corrected chi connectivity index (χ0v) is 13.6. The van der Waals surface area contributed by atoms with Crippen LogP contribution in [0.4, 0.5) is 0 Å². The van der Waals surface area contributed by atoms with E-state index in [0.717, 1.165) is 19.1 Å². The normalized spacial score (nSPS) is 21.3. The molecule has 0 amide bonds. The van der Waals surface area contributed by atoms with E-state index in [0.29, 0.717) is 6.04 Å². The van der Waals surface area contributed by atoms with E-state index >= 15 is 0 Å². The van der Waals surface area contributed by atoms with E-state index in [1.165, 1.54) is 51.4 Å². The van der Waals surface area contributed by atoms with Crippen LogP contribution in [0.3, 0.4) is 0 Å². The van der Waals surface area contributed by atoms with E-state index in [9.17, 15) is 0 Å². The van der Waals surface area contributed by atoms with Crippen molar-refractivity contribution in [3.8, 4) is 0 Å². The van der Waals surface area contributed by atoms with E-state index in [1.807, 2.05) is 0 Å². The molecule has 0 aromatic rings. The van der Waals surface area contributed by atoms with Crippen LogP contribution in [0, 0.1) is 5.92 Å². The van der Waals surface area contributed by atoms with Crippen LogP contribution in [0.2, 0.25) is 0 Å². The van der Waals surface area contributed by atoms with Gasteiger partial charge in [-0.3, -0.25) is 0 Å². The molecule has 2 heteroatoms. The van der Waals surface area contributed by atoms with Crippen molar-refractivity contribution in [3.63, 3.8) is 0 Å². The molecule has 1 saturated carbocycles. The van der Waals surface area contributed by atoms with Gasteiger partial charge in [0.25, 0.3) is 0 Å². The lowest BCUT2D eigenvalue weighted by Gasteiger charge is -2.41. The van der Waals surface area contributed by atoms with Gasteiger partial charge in [-0.25, -0.2) is 0 Å². The second kappa shape index (κ2) is 8.97. The monoisotopic (exact) mass is 269 g/mol. The first-order valence-electron chi connectivity index (χ1n) is 8.52. The molecule has 1 atom stereocenters. The fourth-order valence-corrected chi connectivity index (χ4v) is 3.48. The largest absolute Gasteiger partial charge is 0.374 e. The second-order valence-electron chi connectivity index (χ2n) is 6.55. The molecule has 0 bridgehead atoms. The minimum Gasteiger partial charge on any atom is -0.374 e. The molecule has 1 aliphatic carbocycles. The summed E-state index contributed by atoms with van der Waals surface area (Å²) in [6.07, 6.45) is 10.4. The fraction of sp³-hybridized carbons (Fsp3) is 1.00. The number of hydrogen-bond donors (Lipinski definition) is 1. The Balaban J connectivity index is 2.80. The maximum atomic E-state index is 6.35. The number of ether oxygens (including phenoxy) is 1. The van der Waals surface area contributed by atoms with Crippen molar-refractivity contribution < 1.29 is 4.74 Å². The second-order valence-corrected chi connectivity index (χ2v) is 6.55. The first-order valence-corrected chi connectivity index (χ1v) is 8.52. The predicted octanol–water partition coefficient (Wildman–Crippen LogP) is 4.53. The minimum absolute atomic E-state index is 0.102. The summed E-state index contributed by atoms with van der Waals surface area (Å²) in [7, 11) is 0. The van der Waals surface area contributed by atoms with E-state index in [2.05, 4.69) is 33.0 Å². The minimum atomic E-state index is 0.102. The van der Waals surface area contributed by atoms with Crippen molar-refractivity contribution >= 4 is 0 Å². The van der Waals surface area contributed by atoms with Gasteiger partial charge in [-0.05, 0) is 45.1 Å². The molecule has 114 valence electrons. The molecule has 0 radical (unpaired) electrons. The average Bonchev–Trinajstić information content (AvgIpc) is 2.61. The molecular weight excluding hydrogens is 234 g/mol. The van der Waals surface area contributed by atoms with Crippen molar-refractivity contribution in [2.24, 2.45) is 5.92 Å². The van der Waals surface area contributed by atoms with Gasteiger partial charge >= 0.3 is 0 Å². The summed E-state index contributed by atoms with van der Waals surface area (Å²) >= 11 is 0. The molecule has 0 aliphatic heterocycles. The van der Waals surface area contributed by atoms with Crippen LogP contribution >= 0.6 is 0 Å². The molecule has 0 aromatic heterocycles. The maximum Gasteiger partial charge on any atom is 0.0834 e. The van der Waals surface area contributed by atoms with Crippen molar-refractivity contribution in [2.45, 2.75) is 90.7 Å². The van der Waals surface area contributed by atoms with Gasteiger partial charge in [0.2, 0.25) is 0 Å². The lowest BCUT2D eigenvalue weighted by molar-refractivity contribution is -0.0807.